The fourth-order valence-electron chi connectivity index (χ4n) is 12.8. The van der Waals surface area contributed by atoms with E-state index < -0.39 is 92.2 Å². The first kappa shape index (κ1) is 97.8. The van der Waals surface area contributed by atoms with Crippen molar-refractivity contribution in [2.75, 3.05) is 65.5 Å². The van der Waals surface area contributed by atoms with Crippen molar-refractivity contribution in [2.24, 2.45) is 0 Å². The molecule has 133 heavy (non-hydrogen) atoms. The Morgan fingerprint density at radius 3 is 1.23 bits per heavy atom. The van der Waals surface area contributed by atoms with Gasteiger partial charge in [0.25, 0.3) is 51.6 Å². The summed E-state index contributed by atoms with van der Waals surface area (Å²) in [5.41, 5.74) is 6.04. The van der Waals surface area contributed by atoms with Crippen LogP contribution in [0.5, 0.6) is 5.75 Å². The van der Waals surface area contributed by atoms with E-state index >= 15 is 0 Å². The molecule has 49 heteroatoms. The third kappa shape index (κ3) is 22.8. The summed E-state index contributed by atoms with van der Waals surface area (Å²) >= 11 is 45.3. The Morgan fingerprint density at radius 2 is 0.789 bits per heavy atom. The normalized spacial score (nSPS) is 12.1. The van der Waals surface area contributed by atoms with Gasteiger partial charge in [-0.05, 0) is 188 Å². The summed E-state index contributed by atoms with van der Waals surface area (Å²) in [7, 11) is -9.69. The third-order valence-corrected chi connectivity index (χ3v) is 32.1. The lowest BCUT2D eigenvalue weighted by atomic mass is 10.0. The molecule has 14 N–H and O–H groups in total. The first-order valence-corrected chi connectivity index (χ1v) is 49.3. The number of thiophene rings is 4. The zero-order chi connectivity index (χ0) is 96.0. The molecule has 8 aromatic carbocycles. The second-order valence-electron chi connectivity index (χ2n) is 27.5. The van der Waals surface area contributed by atoms with Crippen molar-refractivity contribution < 1.29 is 81.5 Å². The average Bonchev–Trinajstić information content (AvgIpc) is 1.59. The molecule has 16 rings (SSSR count). The third-order valence-electron chi connectivity index (χ3n) is 18.9. The van der Waals surface area contributed by atoms with Crippen molar-refractivity contribution >= 4 is 287 Å². The highest BCUT2D eigenvalue weighted by Gasteiger charge is 2.42. The largest absolute Gasteiger partial charge is 0.497 e. The van der Waals surface area contributed by atoms with Gasteiger partial charge in [0, 0.05) is 139 Å². The molecule has 1 aliphatic heterocycles. The van der Waals surface area contributed by atoms with Crippen molar-refractivity contribution in [1.82, 2.24) is 28.9 Å². The highest BCUT2D eigenvalue weighted by atomic mass is 35.5. The predicted molar refractivity (Wildman–Crippen MR) is 519 cm³/mol. The molecule has 0 saturated carbocycles. The van der Waals surface area contributed by atoms with Crippen LogP contribution < -0.4 is 77.3 Å². The number of hydrogen-bond acceptors (Lipinski definition) is 26. The maximum atomic E-state index is 14.8. The number of ketones is 2. The summed E-state index contributed by atoms with van der Waals surface area (Å²) in [6.07, 6.45) is 3.16. The lowest BCUT2D eigenvalue weighted by Gasteiger charge is -2.10. The highest BCUT2D eigenvalue weighted by Crippen LogP contribution is 2.40. The first-order chi connectivity index (χ1) is 63.0. The van der Waals surface area contributed by atoms with Crippen LogP contribution in [0.2, 0.25) is 32.4 Å². The van der Waals surface area contributed by atoms with E-state index in [1.54, 1.807) is 93.9 Å². The number of nitrogens with zero attached hydrogens (tertiary/aromatic N) is 1. The summed E-state index contributed by atoms with van der Waals surface area (Å²) in [5.74, 6) is -0.871. The van der Waals surface area contributed by atoms with Crippen LogP contribution in [0.15, 0.2) is 238 Å². The van der Waals surface area contributed by atoms with Gasteiger partial charge in [0.1, 0.15) is 34.0 Å². The van der Waals surface area contributed by atoms with Crippen molar-refractivity contribution in [1.29, 1.82) is 0 Å². The van der Waals surface area contributed by atoms with Crippen LogP contribution in [0.1, 0.15) is 37.4 Å². The molecule has 7 heterocycles. The maximum absolute atomic E-state index is 14.8. The Balaban J connectivity index is 0.000000151. The number of aromatic nitrogens is 2. The van der Waals surface area contributed by atoms with Crippen molar-refractivity contribution in [3.05, 3.63) is 303 Å². The Kier molecular flexibility index (Phi) is 30.0. The molecular weight excluding hydrogens is 2030 g/mol. The minimum absolute atomic E-state index is 0.00720. The lowest BCUT2D eigenvalue weighted by molar-refractivity contribution is -0.709. The van der Waals surface area contributed by atoms with Gasteiger partial charge in [-0.3, -0.25) is 29.2 Å². The number of amides is 8. The van der Waals surface area contributed by atoms with Gasteiger partial charge in [-0.1, -0.05) is 93.3 Å². The van der Waals surface area contributed by atoms with Crippen LogP contribution in [0.25, 0.3) is 55.7 Å². The second-order valence-corrected chi connectivity index (χ2v) is 43.2. The minimum Gasteiger partial charge on any atom is -0.497 e. The smallest absolute Gasteiger partial charge is 0.333 e. The summed E-state index contributed by atoms with van der Waals surface area (Å²) in [5, 5.41) is 29.9. The van der Waals surface area contributed by atoms with Crippen LogP contribution in [0.4, 0.5) is 69.1 Å². The Labute approximate surface area is 803 Å². The molecule has 0 spiro atoms. The summed E-state index contributed by atoms with van der Waals surface area (Å²) in [6, 6.07) is 44.7. The van der Waals surface area contributed by atoms with Crippen LogP contribution in [-0.2, 0) is 40.1 Å². The molecule has 0 unspecified atom stereocenters. The van der Waals surface area contributed by atoms with Crippen molar-refractivity contribution in [2.45, 2.75) is 16.8 Å². The zero-order valence-corrected chi connectivity index (χ0v) is 79.6. The number of pyridine rings is 1. The summed E-state index contributed by atoms with van der Waals surface area (Å²) in [6.45, 7) is 0. The number of aromatic amines is 2. The number of benzene rings is 8. The number of hydrogen-bond donors (Lipinski definition) is 14. The topological polar surface area (TPSA) is 487 Å². The van der Waals surface area contributed by atoms with Gasteiger partial charge in [0.2, 0.25) is 5.56 Å². The molecule has 8 amide bonds. The fraction of sp³-hybridized carbons (Fsp3) is 0.0476. The van der Waals surface area contributed by atoms with Gasteiger partial charge < -0.3 is 51.9 Å². The molecule has 0 bridgehead atoms. The zero-order valence-electron chi connectivity index (χ0n) is 67.7. The number of nitrogens with one attached hydrogen (secondary N) is 13. The monoisotopic (exact) mass is 2090 g/mol. The Hall–Kier alpha value is -12.8. The Bertz CT molecular complexity index is 7930. The van der Waals surface area contributed by atoms with Gasteiger partial charge in [-0.2, -0.15) is 0 Å². The number of urea groups is 4. The number of methoxy groups -OCH3 is 1. The highest BCUT2D eigenvalue weighted by molar-refractivity contribution is 7.93. The molecule has 14 aromatic rings. The molecular formula is C84H61Cl7FN14O19S8+. The van der Waals surface area contributed by atoms with E-state index in [9.17, 15) is 86.4 Å². The maximum Gasteiger partial charge on any atom is 0.333 e. The minimum atomic E-state index is -4.13. The van der Waals surface area contributed by atoms with Crippen LogP contribution in [-0.4, -0.2) is 123 Å². The standard InChI is InChI=1S/C22H16Cl2N4O5S2.C21H15Cl2N3O4S2.C21H15ClFN3O5S2.C20H14Cl2N4O5S2/c1-25-11-2-5-14-17(9-11)27-19(29)10-15(21(14)30)13-4-3-12(8-16(13)23)26-22(31)28-35(32,33)20-7-6-18(24)34-20;1-24-12-2-4-14-11(8-12)9-16(20(14)27)15-5-3-13(10-17(15)22)25-21(28)26-32(29,30)19-7-6-18(23)31-19;1-31-12-3-5-17-14(9-12)20(27)15(10-24-17)13-4-2-11(8-16(13)23)25-21(28)26-33(29,30)19-7-6-18(22)32-19;1-23-10-2-5-13-15(9-10)26(29)18(19(13)27)12-4-3-11(8-14(12)21)24-20(28)25-33(30,31)17-7-6-16(22)32-17/h2-10,25H,1H3,(H,27,29)(H2,26,28,31);2-10,24H,1H3,(H2,25,26,28);2-10H,1H3,(H,24,27)(H2,25,26,28);2-9,29H,1H3,(H2,23,25,27,28)/p+1. The van der Waals surface area contributed by atoms with Crippen molar-refractivity contribution in [3.8, 4) is 28.0 Å². The molecule has 0 fully saturated rings. The first-order valence-electron chi connectivity index (χ1n) is 37.5. The molecule has 1 aliphatic carbocycles. The molecule has 33 nitrogen and oxygen atoms in total. The van der Waals surface area contributed by atoms with Gasteiger partial charge in [-0.15, -0.1) is 45.3 Å². The number of carbonyl (C=O) groups is 6. The van der Waals surface area contributed by atoms with E-state index in [0.29, 0.717) is 55.8 Å². The molecule has 6 aromatic heterocycles. The number of H-pyrrole nitrogens is 2. The molecule has 0 radical (unpaired) electrons. The van der Waals surface area contributed by atoms with Gasteiger partial charge in [0.15, 0.2) is 16.6 Å². The summed E-state index contributed by atoms with van der Waals surface area (Å²) in [4.78, 5) is 119. The van der Waals surface area contributed by atoms with E-state index in [0.717, 1.165) is 79.2 Å². The number of carbonyl (C=O) groups excluding carboxylic acids is 6. The fourth-order valence-corrected chi connectivity index (χ4v) is 23.2. The van der Waals surface area contributed by atoms with Gasteiger partial charge >= 0.3 is 29.8 Å². The summed E-state index contributed by atoms with van der Waals surface area (Å²) < 4.78 is 127. The van der Waals surface area contributed by atoms with E-state index in [-0.39, 0.29) is 117 Å². The average molecular weight is 2090 g/mol. The van der Waals surface area contributed by atoms with Crippen LogP contribution in [0, 0.1) is 5.82 Å². The Morgan fingerprint density at radius 1 is 0.391 bits per heavy atom. The van der Waals surface area contributed by atoms with Gasteiger partial charge in [-0.25, -0.2) is 76.1 Å². The number of halogens is 8. The number of sulfonamides is 4. The van der Waals surface area contributed by atoms with Crippen LogP contribution in [0.3, 0.4) is 0 Å². The van der Waals surface area contributed by atoms with E-state index in [1.807, 2.05) is 31.0 Å². The number of ether oxygens (including phenoxy) is 1. The van der Waals surface area contributed by atoms with Crippen molar-refractivity contribution in [3.63, 3.8) is 0 Å². The number of fused-ring (bicyclic) bond motifs is 4. The SMILES string of the molecule is CNc1ccc2c(=O)c(-c3ccc(NC(=O)NS(=O)(=O)c4ccc(Cl)s4)cc3Cl)cc(=O)[nH]c2c1.CNc1ccc2c(c1)C=C(c1ccc(NC(=O)NS(=O)(=O)c3ccc(Cl)s3)cc1Cl)C2=O.CNc1ccc2c(c1)[N+](O)=C(c1ccc(NC(=O)NS(=O)(=O)c3ccc(Cl)s3)cc1Cl)C2=O.COc1ccc2[nH]cc(-c3ccc(NC(=O)NS(=O)(=O)c4ccc(Cl)s4)cc3F)c(=O)c2c1. The number of allylic oxidation sites excluding steroid dienone is 1. The number of anilines is 7. The van der Waals surface area contributed by atoms with E-state index in [2.05, 4.69) is 47.2 Å². The molecule has 2 aliphatic rings. The quantitative estimate of drug-likeness (QED) is 0.0249. The predicted octanol–water partition coefficient (Wildman–Crippen LogP) is 18.7. The van der Waals surface area contributed by atoms with E-state index in [4.69, 9.17) is 85.9 Å². The molecule has 0 atom stereocenters. The van der Waals surface area contributed by atoms with E-state index in [1.165, 1.54) is 123 Å². The lowest BCUT2D eigenvalue weighted by Crippen LogP contribution is -2.34. The van der Waals surface area contributed by atoms with Gasteiger partial charge in [0.05, 0.1) is 50.6 Å². The number of rotatable bonds is 20. The number of Topliss-reactive ketones (excluding diaryl/α,β-unsaturated/α-hetero) is 2. The molecule has 684 valence electrons. The molecule has 0 saturated heterocycles. The second kappa shape index (κ2) is 40.8. The van der Waals surface area contributed by atoms with Crippen LogP contribution >= 0.6 is 127 Å².